The van der Waals surface area contributed by atoms with E-state index in [4.69, 9.17) is 0 Å². The van der Waals surface area contributed by atoms with Gasteiger partial charge in [-0.15, -0.1) is 0 Å². The van der Waals surface area contributed by atoms with Crippen LogP contribution in [0, 0.1) is 0 Å². The average molecular weight is 375 g/mol. The van der Waals surface area contributed by atoms with Crippen LogP contribution in [-0.4, -0.2) is 52.9 Å². The SMILES string of the molecule is CN(CCc1ccncc1)C(=O)c1ccc(N(C)CCc2ccncc2)nc1. The molecule has 0 bridgehead atoms. The quantitative estimate of drug-likeness (QED) is 0.606. The monoisotopic (exact) mass is 375 g/mol. The number of amides is 1. The summed E-state index contributed by atoms with van der Waals surface area (Å²) in [7, 11) is 3.82. The van der Waals surface area contributed by atoms with Crippen molar-refractivity contribution in [1.82, 2.24) is 19.9 Å². The molecule has 3 heterocycles. The molecule has 3 aromatic heterocycles. The van der Waals surface area contributed by atoms with Gasteiger partial charge in [0.2, 0.25) is 0 Å². The van der Waals surface area contributed by atoms with Crippen molar-refractivity contribution in [2.75, 3.05) is 32.1 Å². The molecule has 0 spiro atoms. The lowest BCUT2D eigenvalue weighted by atomic mass is 10.2. The van der Waals surface area contributed by atoms with Gasteiger partial charge in [0, 0.05) is 58.2 Å². The fourth-order valence-electron chi connectivity index (χ4n) is 2.87. The molecule has 0 fully saturated rings. The molecule has 3 rings (SSSR count). The molecule has 0 N–H and O–H groups in total. The minimum absolute atomic E-state index is 0.0208. The Hall–Kier alpha value is -3.28. The Balaban J connectivity index is 1.53. The van der Waals surface area contributed by atoms with E-state index < -0.39 is 0 Å². The van der Waals surface area contributed by atoms with Crippen molar-refractivity contribution >= 4 is 11.7 Å². The first-order valence-corrected chi connectivity index (χ1v) is 9.34. The highest BCUT2D eigenvalue weighted by atomic mass is 16.2. The summed E-state index contributed by atoms with van der Waals surface area (Å²) < 4.78 is 0. The van der Waals surface area contributed by atoms with Crippen LogP contribution in [0.3, 0.4) is 0 Å². The molecular weight excluding hydrogens is 350 g/mol. The lowest BCUT2D eigenvalue weighted by Crippen LogP contribution is -2.29. The van der Waals surface area contributed by atoms with Crippen LogP contribution >= 0.6 is 0 Å². The van der Waals surface area contributed by atoms with Crippen LogP contribution in [0.1, 0.15) is 21.5 Å². The zero-order valence-electron chi connectivity index (χ0n) is 16.3. The number of pyridine rings is 3. The van der Waals surface area contributed by atoms with Gasteiger partial charge in [0.25, 0.3) is 5.91 Å². The van der Waals surface area contributed by atoms with E-state index in [-0.39, 0.29) is 5.91 Å². The van der Waals surface area contributed by atoms with E-state index in [9.17, 15) is 4.79 Å². The molecule has 0 aliphatic carbocycles. The summed E-state index contributed by atoms with van der Waals surface area (Å²) in [6, 6.07) is 11.7. The smallest absolute Gasteiger partial charge is 0.255 e. The molecule has 0 unspecified atom stereocenters. The van der Waals surface area contributed by atoms with Gasteiger partial charge in [-0.05, 0) is 60.4 Å². The van der Waals surface area contributed by atoms with Crippen molar-refractivity contribution in [1.29, 1.82) is 0 Å². The molecule has 6 nitrogen and oxygen atoms in total. The van der Waals surface area contributed by atoms with E-state index >= 15 is 0 Å². The lowest BCUT2D eigenvalue weighted by molar-refractivity contribution is 0.0796. The minimum Gasteiger partial charge on any atom is -0.359 e. The maximum absolute atomic E-state index is 12.6. The molecular formula is C22H25N5O. The van der Waals surface area contributed by atoms with Crippen LogP contribution in [0.15, 0.2) is 67.4 Å². The Morgan fingerprint density at radius 2 is 1.39 bits per heavy atom. The van der Waals surface area contributed by atoms with Gasteiger partial charge in [-0.25, -0.2) is 4.98 Å². The van der Waals surface area contributed by atoms with Gasteiger partial charge in [0.15, 0.2) is 0 Å². The Kier molecular flexibility index (Phi) is 6.68. The van der Waals surface area contributed by atoms with Crippen molar-refractivity contribution in [3.8, 4) is 0 Å². The van der Waals surface area contributed by atoms with Crippen LogP contribution in [0.2, 0.25) is 0 Å². The summed E-state index contributed by atoms with van der Waals surface area (Å²) in [6.45, 7) is 1.49. The van der Waals surface area contributed by atoms with Crippen molar-refractivity contribution in [3.05, 3.63) is 84.1 Å². The highest BCUT2D eigenvalue weighted by Crippen LogP contribution is 2.12. The highest BCUT2D eigenvalue weighted by molar-refractivity contribution is 5.93. The van der Waals surface area contributed by atoms with E-state index in [1.807, 2.05) is 50.5 Å². The van der Waals surface area contributed by atoms with E-state index in [0.29, 0.717) is 12.1 Å². The molecule has 0 saturated heterocycles. The van der Waals surface area contributed by atoms with Crippen molar-refractivity contribution in [2.45, 2.75) is 12.8 Å². The van der Waals surface area contributed by atoms with E-state index in [2.05, 4.69) is 19.9 Å². The predicted molar refractivity (Wildman–Crippen MR) is 110 cm³/mol. The van der Waals surface area contributed by atoms with E-state index in [1.165, 1.54) is 11.1 Å². The van der Waals surface area contributed by atoms with Crippen LogP contribution in [0.4, 0.5) is 5.82 Å². The number of carbonyl (C=O) groups excluding carboxylic acids is 1. The van der Waals surface area contributed by atoms with Gasteiger partial charge in [-0.1, -0.05) is 0 Å². The Morgan fingerprint density at radius 1 is 0.821 bits per heavy atom. The number of likely N-dealkylation sites (N-methyl/N-ethyl adjacent to an activating group) is 2. The summed E-state index contributed by atoms with van der Waals surface area (Å²) in [5, 5.41) is 0. The summed E-state index contributed by atoms with van der Waals surface area (Å²) in [4.78, 5) is 28.9. The van der Waals surface area contributed by atoms with Crippen LogP contribution in [-0.2, 0) is 12.8 Å². The van der Waals surface area contributed by atoms with E-state index in [0.717, 1.165) is 25.2 Å². The molecule has 144 valence electrons. The topological polar surface area (TPSA) is 62.2 Å². The summed E-state index contributed by atoms with van der Waals surface area (Å²) in [5.41, 5.74) is 3.01. The Morgan fingerprint density at radius 3 is 1.93 bits per heavy atom. The fraction of sp³-hybridized carbons (Fsp3) is 0.273. The standard InChI is InChI=1S/C22H25N5O/c1-26(15-9-18-5-11-23-12-6-18)21-4-3-20(17-25-21)22(28)27(2)16-10-19-7-13-24-14-8-19/h3-8,11-14,17H,9-10,15-16H2,1-2H3. The van der Waals surface area contributed by atoms with Crippen LogP contribution in [0.5, 0.6) is 0 Å². The molecule has 0 atom stereocenters. The zero-order chi connectivity index (χ0) is 19.8. The summed E-state index contributed by atoms with van der Waals surface area (Å²) in [6.07, 6.45) is 10.5. The molecule has 28 heavy (non-hydrogen) atoms. The van der Waals surface area contributed by atoms with Gasteiger partial charge < -0.3 is 9.80 Å². The molecule has 6 heteroatoms. The molecule has 3 aromatic rings. The number of anilines is 1. The molecule has 0 aliphatic rings. The number of aromatic nitrogens is 3. The van der Waals surface area contributed by atoms with Crippen molar-refractivity contribution < 1.29 is 4.79 Å². The molecule has 1 amide bonds. The maximum atomic E-state index is 12.6. The van der Waals surface area contributed by atoms with E-state index in [1.54, 1.807) is 35.9 Å². The van der Waals surface area contributed by atoms with Crippen molar-refractivity contribution in [2.24, 2.45) is 0 Å². The maximum Gasteiger partial charge on any atom is 0.255 e. The van der Waals surface area contributed by atoms with Crippen molar-refractivity contribution in [3.63, 3.8) is 0 Å². The number of hydrogen-bond acceptors (Lipinski definition) is 5. The van der Waals surface area contributed by atoms with Gasteiger partial charge >= 0.3 is 0 Å². The third-order valence-corrected chi connectivity index (χ3v) is 4.70. The van der Waals surface area contributed by atoms with Gasteiger partial charge in [0.05, 0.1) is 5.56 Å². The van der Waals surface area contributed by atoms with Gasteiger partial charge in [-0.2, -0.15) is 0 Å². The number of hydrogen-bond donors (Lipinski definition) is 0. The minimum atomic E-state index is -0.0208. The average Bonchev–Trinajstić information content (AvgIpc) is 2.77. The van der Waals surface area contributed by atoms with Gasteiger partial charge in [-0.3, -0.25) is 14.8 Å². The first-order chi connectivity index (χ1) is 13.6. The zero-order valence-corrected chi connectivity index (χ0v) is 16.3. The number of nitrogens with zero attached hydrogens (tertiary/aromatic N) is 5. The third kappa shape index (κ3) is 5.36. The lowest BCUT2D eigenvalue weighted by Gasteiger charge is -2.20. The van der Waals surface area contributed by atoms with Gasteiger partial charge in [0.1, 0.15) is 5.82 Å². The Bertz CT molecular complexity index is 868. The first-order valence-electron chi connectivity index (χ1n) is 9.34. The predicted octanol–water partition coefficient (Wildman–Crippen LogP) is 2.87. The second-order valence-electron chi connectivity index (χ2n) is 6.76. The second kappa shape index (κ2) is 9.60. The molecule has 0 saturated carbocycles. The summed E-state index contributed by atoms with van der Waals surface area (Å²) in [5.74, 6) is 0.831. The third-order valence-electron chi connectivity index (χ3n) is 4.70. The first kappa shape index (κ1) is 19.5. The molecule has 0 aromatic carbocycles. The molecule has 0 aliphatic heterocycles. The number of carbonyl (C=O) groups is 1. The highest BCUT2D eigenvalue weighted by Gasteiger charge is 2.13. The largest absolute Gasteiger partial charge is 0.359 e. The molecule has 0 radical (unpaired) electrons. The number of rotatable bonds is 8. The second-order valence-corrected chi connectivity index (χ2v) is 6.76. The Labute approximate surface area is 165 Å². The summed E-state index contributed by atoms with van der Waals surface area (Å²) >= 11 is 0. The van der Waals surface area contributed by atoms with Crippen LogP contribution < -0.4 is 4.90 Å². The normalized spacial score (nSPS) is 10.5. The van der Waals surface area contributed by atoms with Crippen LogP contribution in [0.25, 0.3) is 0 Å². The fourth-order valence-corrected chi connectivity index (χ4v) is 2.87.